The first-order chi connectivity index (χ1) is 11.3. The Labute approximate surface area is 136 Å². The summed E-state index contributed by atoms with van der Waals surface area (Å²) in [6, 6.07) is 15.0. The molecule has 0 saturated heterocycles. The van der Waals surface area contributed by atoms with Gasteiger partial charge in [0.15, 0.2) is 0 Å². The highest BCUT2D eigenvalue weighted by Crippen LogP contribution is 2.48. The Kier molecular flexibility index (Phi) is 3.82. The van der Waals surface area contributed by atoms with E-state index in [0.717, 1.165) is 6.42 Å². The molecular weight excluding hydrogens is 286 g/mol. The van der Waals surface area contributed by atoms with Crippen LogP contribution in [-0.2, 0) is 4.79 Å². The first-order valence-electron chi connectivity index (χ1n) is 8.66. The van der Waals surface area contributed by atoms with Crippen molar-refractivity contribution in [3.8, 4) is 0 Å². The number of hydrogen-bond acceptors (Lipinski definition) is 2. The molecule has 3 heteroatoms. The molecule has 2 N–H and O–H groups in total. The van der Waals surface area contributed by atoms with Crippen molar-refractivity contribution >= 4 is 16.7 Å². The molecule has 2 fully saturated rings. The van der Waals surface area contributed by atoms with Gasteiger partial charge >= 0.3 is 0 Å². The van der Waals surface area contributed by atoms with Gasteiger partial charge in [-0.15, -0.1) is 0 Å². The van der Waals surface area contributed by atoms with Gasteiger partial charge in [-0.1, -0.05) is 42.5 Å². The molecule has 3 atom stereocenters. The molecule has 0 bridgehead atoms. The Hall–Kier alpha value is -1.87. The zero-order valence-corrected chi connectivity index (χ0v) is 13.2. The normalized spacial score (nSPS) is 24.4. The van der Waals surface area contributed by atoms with Gasteiger partial charge < -0.3 is 10.4 Å². The van der Waals surface area contributed by atoms with Crippen LogP contribution in [0.3, 0.4) is 0 Å². The standard InChI is InChI=1S/C20H23NO2/c22-10-9-19(14-6-7-14)21-20(23)18-12-17(18)16-8-5-13-3-1-2-4-15(13)11-16/h1-5,8,11,14,17-19,22H,6-7,9-10,12H2,(H,21,23). The van der Waals surface area contributed by atoms with E-state index in [1.165, 1.54) is 29.2 Å². The number of benzene rings is 2. The van der Waals surface area contributed by atoms with Crippen LogP contribution in [0.1, 0.15) is 37.2 Å². The fourth-order valence-corrected chi connectivity index (χ4v) is 3.64. The Bertz CT molecular complexity index is 722. The summed E-state index contributed by atoms with van der Waals surface area (Å²) in [6.45, 7) is 0.153. The van der Waals surface area contributed by atoms with Gasteiger partial charge in [0, 0.05) is 18.6 Å². The van der Waals surface area contributed by atoms with E-state index in [0.29, 0.717) is 18.3 Å². The minimum Gasteiger partial charge on any atom is -0.396 e. The quantitative estimate of drug-likeness (QED) is 0.861. The minimum absolute atomic E-state index is 0.108. The van der Waals surface area contributed by atoms with Crippen molar-refractivity contribution in [3.05, 3.63) is 48.0 Å². The largest absolute Gasteiger partial charge is 0.396 e. The fourth-order valence-electron chi connectivity index (χ4n) is 3.64. The Balaban J connectivity index is 1.42. The van der Waals surface area contributed by atoms with Crippen molar-refractivity contribution in [3.63, 3.8) is 0 Å². The monoisotopic (exact) mass is 309 g/mol. The molecular formula is C20H23NO2. The summed E-state index contributed by atoms with van der Waals surface area (Å²) in [7, 11) is 0. The molecule has 0 aromatic heterocycles. The molecule has 120 valence electrons. The predicted molar refractivity (Wildman–Crippen MR) is 91.2 cm³/mol. The average molecular weight is 309 g/mol. The molecule has 2 aliphatic rings. The lowest BCUT2D eigenvalue weighted by molar-refractivity contribution is -0.123. The molecule has 2 saturated carbocycles. The lowest BCUT2D eigenvalue weighted by Gasteiger charge is -2.17. The van der Waals surface area contributed by atoms with Crippen LogP contribution in [0.15, 0.2) is 42.5 Å². The first-order valence-corrected chi connectivity index (χ1v) is 8.66. The molecule has 0 heterocycles. The van der Waals surface area contributed by atoms with Crippen LogP contribution in [0.4, 0.5) is 0 Å². The van der Waals surface area contributed by atoms with Crippen LogP contribution in [0.5, 0.6) is 0 Å². The molecule has 23 heavy (non-hydrogen) atoms. The minimum atomic E-state index is 0.108. The number of fused-ring (bicyclic) bond motifs is 1. The fraction of sp³-hybridized carbons (Fsp3) is 0.450. The van der Waals surface area contributed by atoms with Crippen molar-refractivity contribution in [1.82, 2.24) is 5.32 Å². The number of carbonyl (C=O) groups is 1. The van der Waals surface area contributed by atoms with Gasteiger partial charge in [-0.05, 0) is 53.9 Å². The van der Waals surface area contributed by atoms with Crippen LogP contribution in [0.25, 0.3) is 10.8 Å². The maximum Gasteiger partial charge on any atom is 0.223 e. The zero-order chi connectivity index (χ0) is 15.8. The third-order valence-electron chi connectivity index (χ3n) is 5.29. The Morgan fingerprint density at radius 2 is 1.96 bits per heavy atom. The number of rotatable bonds is 6. The maximum atomic E-state index is 12.5. The van der Waals surface area contributed by atoms with E-state index in [2.05, 4.69) is 47.8 Å². The van der Waals surface area contributed by atoms with E-state index in [1.807, 2.05) is 0 Å². The lowest BCUT2D eigenvalue weighted by atomic mass is 10.0. The number of aliphatic hydroxyl groups excluding tert-OH is 1. The molecule has 2 aliphatic carbocycles. The Morgan fingerprint density at radius 1 is 1.17 bits per heavy atom. The second kappa shape index (κ2) is 5.97. The van der Waals surface area contributed by atoms with Gasteiger partial charge in [-0.3, -0.25) is 4.79 Å². The number of carbonyl (C=O) groups excluding carboxylic acids is 1. The van der Waals surface area contributed by atoms with Crippen LogP contribution < -0.4 is 5.32 Å². The van der Waals surface area contributed by atoms with Gasteiger partial charge in [0.05, 0.1) is 0 Å². The maximum absolute atomic E-state index is 12.5. The number of hydrogen-bond donors (Lipinski definition) is 2. The summed E-state index contributed by atoms with van der Waals surface area (Å²) in [5.74, 6) is 1.22. The van der Waals surface area contributed by atoms with Crippen LogP contribution in [0.2, 0.25) is 0 Å². The zero-order valence-electron chi connectivity index (χ0n) is 13.2. The van der Waals surface area contributed by atoms with Gasteiger partial charge in [0.1, 0.15) is 0 Å². The molecule has 3 unspecified atom stereocenters. The summed E-state index contributed by atoms with van der Waals surface area (Å²) in [5.41, 5.74) is 1.27. The molecule has 2 aromatic rings. The first kappa shape index (κ1) is 14.7. The van der Waals surface area contributed by atoms with Crippen LogP contribution >= 0.6 is 0 Å². The smallest absolute Gasteiger partial charge is 0.223 e. The van der Waals surface area contributed by atoms with E-state index in [-0.39, 0.29) is 24.5 Å². The predicted octanol–water partition coefficient (Wildman–Crippen LogP) is 3.22. The van der Waals surface area contributed by atoms with Crippen LogP contribution in [0, 0.1) is 11.8 Å². The second-order valence-corrected chi connectivity index (χ2v) is 7.02. The van der Waals surface area contributed by atoms with Crippen molar-refractivity contribution < 1.29 is 9.90 Å². The van der Waals surface area contributed by atoms with E-state index in [9.17, 15) is 4.79 Å². The van der Waals surface area contributed by atoms with Crippen molar-refractivity contribution in [2.75, 3.05) is 6.61 Å². The van der Waals surface area contributed by atoms with E-state index < -0.39 is 0 Å². The highest BCUT2D eigenvalue weighted by molar-refractivity contribution is 5.86. The third kappa shape index (κ3) is 3.11. The summed E-state index contributed by atoms with van der Waals surface area (Å²) < 4.78 is 0. The molecule has 0 aliphatic heterocycles. The number of aliphatic hydroxyl groups is 1. The lowest BCUT2D eigenvalue weighted by Crippen LogP contribution is -2.38. The van der Waals surface area contributed by atoms with Crippen molar-refractivity contribution in [2.24, 2.45) is 11.8 Å². The number of nitrogens with one attached hydrogen (secondary N) is 1. The SMILES string of the molecule is O=C(NC(CCO)C1CC1)C1CC1c1ccc2ccccc2c1. The van der Waals surface area contributed by atoms with E-state index in [4.69, 9.17) is 5.11 Å². The average Bonchev–Trinajstić information content (AvgIpc) is 3.47. The molecule has 4 rings (SSSR count). The topological polar surface area (TPSA) is 49.3 Å². The van der Waals surface area contributed by atoms with Gasteiger partial charge in [-0.25, -0.2) is 0 Å². The summed E-state index contributed by atoms with van der Waals surface area (Å²) in [6.07, 6.45) is 4.00. The third-order valence-corrected chi connectivity index (χ3v) is 5.29. The second-order valence-electron chi connectivity index (χ2n) is 7.02. The molecule has 2 aromatic carbocycles. The van der Waals surface area contributed by atoms with E-state index in [1.54, 1.807) is 0 Å². The molecule has 0 radical (unpaired) electrons. The molecule has 1 amide bonds. The summed E-state index contributed by atoms with van der Waals surface area (Å²) in [5, 5.41) is 14.8. The van der Waals surface area contributed by atoms with E-state index >= 15 is 0 Å². The molecule has 0 spiro atoms. The van der Waals surface area contributed by atoms with Gasteiger partial charge in [-0.2, -0.15) is 0 Å². The van der Waals surface area contributed by atoms with Gasteiger partial charge in [0.25, 0.3) is 0 Å². The van der Waals surface area contributed by atoms with Crippen molar-refractivity contribution in [1.29, 1.82) is 0 Å². The molecule has 3 nitrogen and oxygen atoms in total. The summed E-state index contributed by atoms with van der Waals surface area (Å²) in [4.78, 5) is 12.5. The number of amides is 1. The highest BCUT2D eigenvalue weighted by Gasteiger charge is 2.45. The van der Waals surface area contributed by atoms with Crippen molar-refractivity contribution in [2.45, 2.75) is 37.6 Å². The Morgan fingerprint density at radius 3 is 2.70 bits per heavy atom. The van der Waals surface area contributed by atoms with Gasteiger partial charge in [0.2, 0.25) is 5.91 Å². The highest BCUT2D eigenvalue weighted by atomic mass is 16.3. The summed E-state index contributed by atoms with van der Waals surface area (Å²) >= 11 is 0. The van der Waals surface area contributed by atoms with Crippen LogP contribution in [-0.4, -0.2) is 23.7 Å².